The van der Waals surface area contributed by atoms with Gasteiger partial charge in [-0.05, 0) is 37.1 Å². The summed E-state index contributed by atoms with van der Waals surface area (Å²) in [4.78, 5) is 26.0. The van der Waals surface area contributed by atoms with Crippen LogP contribution in [0.25, 0.3) is 11.0 Å². The number of β-amino-alcohol motifs (C(OH)–C–C–N with tert-alkyl or cyclic N) is 1. The number of imidazole rings is 1. The zero-order chi connectivity index (χ0) is 20.3. The first kappa shape index (κ1) is 19.3. The summed E-state index contributed by atoms with van der Waals surface area (Å²) in [6.45, 7) is 1.25. The third-order valence-corrected chi connectivity index (χ3v) is 5.23. The molecule has 3 N–H and O–H groups in total. The minimum absolute atomic E-state index is 0.129. The Labute approximate surface area is 168 Å². The lowest BCUT2D eigenvalue weighted by Crippen LogP contribution is -2.54. The lowest BCUT2D eigenvalue weighted by Gasteiger charge is -2.39. The number of carbonyl (C=O) groups is 1. The van der Waals surface area contributed by atoms with Gasteiger partial charge in [-0.1, -0.05) is 12.1 Å². The summed E-state index contributed by atoms with van der Waals surface area (Å²) in [6.07, 6.45) is 3.32. The Hall–Kier alpha value is -3.00. The molecule has 4 rings (SSSR count). The molecular weight excluding hydrogens is 373 g/mol. The number of pyridine rings is 1. The van der Waals surface area contributed by atoms with Crippen molar-refractivity contribution in [3.63, 3.8) is 0 Å². The molecule has 1 aliphatic rings. The predicted octanol–water partition coefficient (Wildman–Crippen LogP) is 2.18. The number of aromatic amines is 1. The molecule has 8 heteroatoms. The van der Waals surface area contributed by atoms with Gasteiger partial charge in [0.05, 0.1) is 22.8 Å². The molecule has 0 bridgehead atoms. The van der Waals surface area contributed by atoms with Crippen molar-refractivity contribution >= 4 is 22.8 Å². The quantitative estimate of drug-likeness (QED) is 0.593. The van der Waals surface area contributed by atoms with E-state index in [-0.39, 0.29) is 12.5 Å². The van der Waals surface area contributed by atoms with E-state index in [4.69, 9.17) is 0 Å². The highest BCUT2D eigenvalue weighted by Crippen LogP contribution is 2.24. The van der Waals surface area contributed by atoms with Gasteiger partial charge in [-0.3, -0.25) is 4.79 Å². The fraction of sp³-hybridized carbons (Fsp3) is 0.381. The Morgan fingerprint density at radius 2 is 2.17 bits per heavy atom. The number of amides is 1. The summed E-state index contributed by atoms with van der Waals surface area (Å²) in [6, 6.07) is 10.7. The Bertz CT molecular complexity index is 957. The van der Waals surface area contributed by atoms with E-state index in [2.05, 4.69) is 20.3 Å². The highest BCUT2D eigenvalue weighted by atomic mass is 19.1. The summed E-state index contributed by atoms with van der Waals surface area (Å²) in [5, 5.41) is 13.8. The van der Waals surface area contributed by atoms with Crippen molar-refractivity contribution in [2.45, 2.75) is 31.3 Å². The Balaban J connectivity index is 1.29. The molecule has 1 aromatic carbocycles. The smallest absolute Gasteiger partial charge is 0.220 e. The summed E-state index contributed by atoms with van der Waals surface area (Å²) in [5.74, 6) is 0.876. The number of halogens is 1. The van der Waals surface area contributed by atoms with Gasteiger partial charge in [0.25, 0.3) is 0 Å². The minimum Gasteiger partial charge on any atom is -0.386 e. The second-order valence-corrected chi connectivity index (χ2v) is 7.56. The van der Waals surface area contributed by atoms with Crippen molar-refractivity contribution in [3.05, 3.63) is 54.2 Å². The van der Waals surface area contributed by atoms with Gasteiger partial charge in [-0.2, -0.15) is 0 Å². The number of hydrogen-bond acceptors (Lipinski definition) is 5. The van der Waals surface area contributed by atoms with E-state index in [1.165, 1.54) is 12.3 Å². The SMILES string of the molecule is O=C(CCc1nc2ccccc2[nH]1)NCC1(O)CCCN(c2ccc(F)cn2)C1. The van der Waals surface area contributed by atoms with Gasteiger partial charge in [-0.25, -0.2) is 14.4 Å². The van der Waals surface area contributed by atoms with Crippen LogP contribution in [0, 0.1) is 5.82 Å². The fourth-order valence-corrected chi connectivity index (χ4v) is 3.71. The molecule has 29 heavy (non-hydrogen) atoms. The molecule has 1 aliphatic heterocycles. The highest BCUT2D eigenvalue weighted by Gasteiger charge is 2.34. The first-order valence-corrected chi connectivity index (χ1v) is 9.80. The number of anilines is 1. The number of benzene rings is 1. The first-order chi connectivity index (χ1) is 14.0. The van der Waals surface area contributed by atoms with Crippen LogP contribution < -0.4 is 10.2 Å². The average Bonchev–Trinajstić information content (AvgIpc) is 3.14. The molecule has 1 fully saturated rings. The largest absolute Gasteiger partial charge is 0.386 e. The van der Waals surface area contributed by atoms with Crippen molar-refractivity contribution in [3.8, 4) is 0 Å². The number of nitrogens with zero attached hydrogens (tertiary/aromatic N) is 3. The van der Waals surface area contributed by atoms with E-state index in [9.17, 15) is 14.3 Å². The zero-order valence-corrected chi connectivity index (χ0v) is 16.1. The summed E-state index contributed by atoms with van der Waals surface area (Å²) < 4.78 is 13.1. The minimum atomic E-state index is -1.04. The highest BCUT2D eigenvalue weighted by molar-refractivity contribution is 5.77. The van der Waals surface area contributed by atoms with E-state index in [1.807, 2.05) is 29.2 Å². The van der Waals surface area contributed by atoms with Crippen LogP contribution in [0.2, 0.25) is 0 Å². The van der Waals surface area contributed by atoms with E-state index in [0.717, 1.165) is 29.8 Å². The number of rotatable bonds is 6. The Kier molecular flexibility index (Phi) is 5.44. The first-order valence-electron chi connectivity index (χ1n) is 9.80. The lowest BCUT2D eigenvalue weighted by molar-refractivity contribution is -0.122. The predicted molar refractivity (Wildman–Crippen MR) is 108 cm³/mol. The monoisotopic (exact) mass is 397 g/mol. The molecule has 1 unspecified atom stereocenters. The zero-order valence-electron chi connectivity index (χ0n) is 16.1. The van der Waals surface area contributed by atoms with Crippen molar-refractivity contribution < 1.29 is 14.3 Å². The molecule has 0 spiro atoms. The number of H-pyrrole nitrogens is 1. The van der Waals surface area contributed by atoms with Gasteiger partial charge < -0.3 is 20.3 Å². The number of piperidine rings is 1. The van der Waals surface area contributed by atoms with Crippen molar-refractivity contribution in [2.24, 2.45) is 0 Å². The maximum atomic E-state index is 13.1. The summed E-state index contributed by atoms with van der Waals surface area (Å²) in [7, 11) is 0. The molecule has 3 aromatic rings. The Morgan fingerprint density at radius 3 is 2.97 bits per heavy atom. The molecule has 0 saturated carbocycles. The summed E-state index contributed by atoms with van der Waals surface area (Å²) in [5.41, 5.74) is 0.798. The van der Waals surface area contributed by atoms with Crippen molar-refractivity contribution in [2.75, 3.05) is 24.5 Å². The van der Waals surface area contributed by atoms with Gasteiger partial charge in [0, 0.05) is 32.5 Å². The van der Waals surface area contributed by atoms with Gasteiger partial charge >= 0.3 is 0 Å². The van der Waals surface area contributed by atoms with E-state index in [0.29, 0.717) is 31.6 Å². The van der Waals surface area contributed by atoms with Crippen LogP contribution in [0.4, 0.5) is 10.2 Å². The summed E-state index contributed by atoms with van der Waals surface area (Å²) >= 11 is 0. The third-order valence-electron chi connectivity index (χ3n) is 5.23. The van der Waals surface area contributed by atoms with Crippen LogP contribution in [-0.2, 0) is 11.2 Å². The molecule has 2 aromatic heterocycles. The second kappa shape index (κ2) is 8.16. The molecule has 1 atom stereocenters. The lowest BCUT2D eigenvalue weighted by atomic mass is 9.92. The van der Waals surface area contributed by atoms with E-state index >= 15 is 0 Å². The molecule has 0 radical (unpaired) electrons. The van der Waals surface area contributed by atoms with Crippen LogP contribution in [-0.4, -0.2) is 51.2 Å². The van der Waals surface area contributed by atoms with E-state index < -0.39 is 11.4 Å². The molecule has 0 aliphatic carbocycles. The molecule has 1 amide bonds. The topological polar surface area (TPSA) is 94.1 Å². The third kappa shape index (κ3) is 4.71. The number of aromatic nitrogens is 3. The van der Waals surface area contributed by atoms with Crippen LogP contribution in [0.1, 0.15) is 25.1 Å². The van der Waals surface area contributed by atoms with Gasteiger partial charge in [0.1, 0.15) is 17.5 Å². The maximum Gasteiger partial charge on any atom is 0.220 e. The van der Waals surface area contributed by atoms with Crippen molar-refractivity contribution in [1.82, 2.24) is 20.3 Å². The molecule has 152 valence electrons. The number of carbonyl (C=O) groups excluding carboxylic acids is 1. The van der Waals surface area contributed by atoms with Crippen LogP contribution in [0.3, 0.4) is 0 Å². The van der Waals surface area contributed by atoms with Crippen LogP contribution >= 0.6 is 0 Å². The molecule has 1 saturated heterocycles. The Morgan fingerprint density at radius 1 is 1.31 bits per heavy atom. The van der Waals surface area contributed by atoms with E-state index in [1.54, 1.807) is 6.07 Å². The van der Waals surface area contributed by atoms with Gasteiger partial charge in [0.2, 0.25) is 5.91 Å². The molecule has 7 nitrogen and oxygen atoms in total. The number of aryl methyl sites for hydroxylation is 1. The van der Waals surface area contributed by atoms with Gasteiger partial charge in [0.15, 0.2) is 0 Å². The average molecular weight is 397 g/mol. The normalized spacial score (nSPS) is 19.4. The fourth-order valence-electron chi connectivity index (χ4n) is 3.71. The second-order valence-electron chi connectivity index (χ2n) is 7.56. The maximum absolute atomic E-state index is 13.1. The molecule has 3 heterocycles. The van der Waals surface area contributed by atoms with Gasteiger partial charge in [-0.15, -0.1) is 0 Å². The number of nitrogens with one attached hydrogen (secondary N) is 2. The number of aliphatic hydroxyl groups is 1. The number of hydrogen-bond donors (Lipinski definition) is 3. The molecular formula is C21H24FN5O2. The van der Waals surface area contributed by atoms with Crippen LogP contribution in [0.15, 0.2) is 42.6 Å². The standard InChI is InChI=1S/C21H24FN5O2/c22-15-6-8-19(23-12-15)27-11-3-10-21(29,14-27)13-24-20(28)9-7-18-25-16-4-1-2-5-17(16)26-18/h1-2,4-6,8,12,29H,3,7,9-11,13-14H2,(H,24,28)(H,25,26). The van der Waals surface area contributed by atoms with Crippen LogP contribution in [0.5, 0.6) is 0 Å². The van der Waals surface area contributed by atoms with Crippen molar-refractivity contribution in [1.29, 1.82) is 0 Å². The number of para-hydroxylation sites is 2. The number of fused-ring (bicyclic) bond motifs is 1.